The first-order valence-corrected chi connectivity index (χ1v) is 5.54. The van der Waals surface area contributed by atoms with Gasteiger partial charge < -0.3 is 10.2 Å². The average Bonchev–Trinajstić information content (AvgIpc) is 2.53. The first-order valence-electron chi connectivity index (χ1n) is 4.66. The van der Waals surface area contributed by atoms with E-state index in [4.69, 9.17) is 0 Å². The maximum Gasteiger partial charge on any atom is 0.185 e. The quantitative estimate of drug-likeness (QED) is 0.736. The molecule has 4 heteroatoms. The summed E-state index contributed by atoms with van der Waals surface area (Å²) in [7, 11) is 0. The van der Waals surface area contributed by atoms with Crippen LogP contribution >= 0.6 is 11.3 Å². The van der Waals surface area contributed by atoms with Gasteiger partial charge in [-0.05, 0) is 13.8 Å². The van der Waals surface area contributed by atoms with Crippen LogP contribution in [0.2, 0.25) is 0 Å². The highest BCUT2D eigenvalue weighted by atomic mass is 32.1. The smallest absolute Gasteiger partial charge is 0.185 e. The van der Waals surface area contributed by atoms with Gasteiger partial charge in [-0.15, -0.1) is 11.3 Å². The molecule has 1 saturated heterocycles. The summed E-state index contributed by atoms with van der Waals surface area (Å²) >= 11 is 1.72. The third-order valence-electron chi connectivity index (χ3n) is 2.25. The van der Waals surface area contributed by atoms with Gasteiger partial charge in [0.05, 0.1) is 0 Å². The van der Waals surface area contributed by atoms with Crippen LogP contribution in [0.3, 0.4) is 0 Å². The van der Waals surface area contributed by atoms with Crippen molar-refractivity contribution >= 4 is 16.5 Å². The molecular weight excluding hydrogens is 182 g/mol. The molecule has 0 amide bonds. The van der Waals surface area contributed by atoms with Crippen LogP contribution < -0.4 is 10.2 Å². The Morgan fingerprint density at radius 3 is 2.69 bits per heavy atom. The van der Waals surface area contributed by atoms with Crippen molar-refractivity contribution in [2.45, 2.75) is 25.9 Å². The Morgan fingerprint density at radius 1 is 1.46 bits per heavy atom. The predicted octanol–water partition coefficient (Wildman–Crippen LogP) is 1.33. The van der Waals surface area contributed by atoms with Gasteiger partial charge in [0, 0.05) is 36.8 Å². The monoisotopic (exact) mass is 197 g/mol. The van der Waals surface area contributed by atoms with Gasteiger partial charge in [-0.1, -0.05) is 0 Å². The fourth-order valence-corrected chi connectivity index (χ4v) is 2.52. The standard InChI is InChI=1S/C9H15N3S/c1-7-5-12(6-8(2)11-7)9-10-3-4-13-9/h3-4,7-8,11H,5-6H2,1-2H3/t7-,8+. The van der Waals surface area contributed by atoms with Gasteiger partial charge in [-0.25, -0.2) is 4.98 Å². The van der Waals surface area contributed by atoms with E-state index in [0.717, 1.165) is 18.2 Å². The fourth-order valence-electron chi connectivity index (χ4n) is 1.86. The van der Waals surface area contributed by atoms with Gasteiger partial charge >= 0.3 is 0 Å². The lowest BCUT2D eigenvalue weighted by atomic mass is 10.2. The molecule has 1 aromatic heterocycles. The first kappa shape index (κ1) is 8.97. The average molecular weight is 197 g/mol. The number of nitrogens with zero attached hydrogens (tertiary/aromatic N) is 2. The number of hydrogen-bond donors (Lipinski definition) is 1. The predicted molar refractivity (Wildman–Crippen MR) is 56.4 cm³/mol. The van der Waals surface area contributed by atoms with Crippen LogP contribution in [0.25, 0.3) is 0 Å². The van der Waals surface area contributed by atoms with Gasteiger partial charge in [0.25, 0.3) is 0 Å². The Balaban J connectivity index is 2.07. The largest absolute Gasteiger partial charge is 0.345 e. The van der Waals surface area contributed by atoms with Crippen molar-refractivity contribution in [3.8, 4) is 0 Å². The van der Waals surface area contributed by atoms with E-state index in [1.807, 2.05) is 11.6 Å². The molecule has 2 heterocycles. The molecule has 0 saturated carbocycles. The lowest BCUT2D eigenvalue weighted by Gasteiger charge is -2.35. The summed E-state index contributed by atoms with van der Waals surface area (Å²) in [5.74, 6) is 0. The molecule has 1 aliphatic rings. The molecule has 1 fully saturated rings. The second kappa shape index (κ2) is 3.64. The van der Waals surface area contributed by atoms with Crippen molar-refractivity contribution in [1.29, 1.82) is 0 Å². The van der Waals surface area contributed by atoms with E-state index in [1.54, 1.807) is 11.3 Å². The molecule has 0 aromatic carbocycles. The SMILES string of the molecule is C[C@@H]1CN(c2nccs2)C[C@H](C)N1. The Kier molecular flexibility index (Phi) is 2.51. The molecule has 0 bridgehead atoms. The molecule has 1 aromatic rings. The van der Waals surface area contributed by atoms with Crippen molar-refractivity contribution in [1.82, 2.24) is 10.3 Å². The number of aromatic nitrogens is 1. The summed E-state index contributed by atoms with van der Waals surface area (Å²) < 4.78 is 0. The van der Waals surface area contributed by atoms with Crippen LogP contribution in [0.4, 0.5) is 5.13 Å². The van der Waals surface area contributed by atoms with Crippen molar-refractivity contribution < 1.29 is 0 Å². The van der Waals surface area contributed by atoms with Crippen molar-refractivity contribution in [3.05, 3.63) is 11.6 Å². The van der Waals surface area contributed by atoms with Gasteiger partial charge in [0.2, 0.25) is 0 Å². The number of piperazine rings is 1. The summed E-state index contributed by atoms with van der Waals surface area (Å²) in [6.07, 6.45) is 1.87. The van der Waals surface area contributed by atoms with E-state index in [2.05, 4.69) is 29.0 Å². The lowest BCUT2D eigenvalue weighted by Crippen LogP contribution is -2.54. The molecule has 13 heavy (non-hydrogen) atoms. The van der Waals surface area contributed by atoms with Crippen molar-refractivity contribution in [2.75, 3.05) is 18.0 Å². The third-order valence-corrected chi connectivity index (χ3v) is 3.08. The minimum atomic E-state index is 0.563. The summed E-state index contributed by atoms with van der Waals surface area (Å²) in [6, 6.07) is 1.13. The molecule has 0 radical (unpaired) electrons. The molecule has 0 spiro atoms. The van der Waals surface area contributed by atoms with Gasteiger partial charge in [-0.3, -0.25) is 0 Å². The molecule has 2 atom stereocenters. The summed E-state index contributed by atoms with van der Waals surface area (Å²) in [5, 5.41) is 6.69. The highest BCUT2D eigenvalue weighted by molar-refractivity contribution is 7.13. The number of thiazole rings is 1. The van der Waals surface area contributed by atoms with E-state index >= 15 is 0 Å². The number of rotatable bonds is 1. The lowest BCUT2D eigenvalue weighted by molar-refractivity contribution is 0.406. The number of nitrogens with one attached hydrogen (secondary N) is 1. The molecular formula is C9H15N3S. The second-order valence-corrected chi connectivity index (χ2v) is 4.56. The molecule has 0 aliphatic carbocycles. The zero-order valence-electron chi connectivity index (χ0n) is 8.03. The zero-order chi connectivity index (χ0) is 9.26. The molecule has 1 N–H and O–H groups in total. The first-order chi connectivity index (χ1) is 6.25. The molecule has 1 aliphatic heterocycles. The fraction of sp³-hybridized carbons (Fsp3) is 0.667. The highest BCUT2D eigenvalue weighted by Crippen LogP contribution is 2.19. The van der Waals surface area contributed by atoms with Crippen LogP contribution in [-0.4, -0.2) is 30.2 Å². The maximum atomic E-state index is 4.33. The normalized spacial score (nSPS) is 29.2. The second-order valence-electron chi connectivity index (χ2n) is 3.69. The van der Waals surface area contributed by atoms with Gasteiger partial charge in [0.15, 0.2) is 5.13 Å². The van der Waals surface area contributed by atoms with Gasteiger partial charge in [0.1, 0.15) is 0 Å². The molecule has 2 rings (SSSR count). The summed E-state index contributed by atoms with van der Waals surface area (Å²) in [4.78, 5) is 6.68. The van der Waals surface area contributed by atoms with E-state index in [-0.39, 0.29) is 0 Å². The zero-order valence-corrected chi connectivity index (χ0v) is 8.84. The van der Waals surface area contributed by atoms with Gasteiger partial charge in [-0.2, -0.15) is 0 Å². The highest BCUT2D eigenvalue weighted by Gasteiger charge is 2.21. The van der Waals surface area contributed by atoms with Crippen LogP contribution in [0, 0.1) is 0 Å². The van der Waals surface area contributed by atoms with E-state index < -0.39 is 0 Å². The molecule has 3 nitrogen and oxygen atoms in total. The maximum absolute atomic E-state index is 4.33. The third kappa shape index (κ3) is 2.00. The summed E-state index contributed by atoms with van der Waals surface area (Å²) in [5.41, 5.74) is 0. The van der Waals surface area contributed by atoms with E-state index in [1.165, 1.54) is 0 Å². The van der Waals surface area contributed by atoms with Crippen molar-refractivity contribution in [3.63, 3.8) is 0 Å². The Hall–Kier alpha value is -0.610. The Labute approximate surface area is 82.8 Å². The van der Waals surface area contributed by atoms with Crippen molar-refractivity contribution in [2.24, 2.45) is 0 Å². The summed E-state index contributed by atoms with van der Waals surface area (Å²) in [6.45, 7) is 6.57. The van der Waals surface area contributed by atoms with Crippen LogP contribution in [0.15, 0.2) is 11.6 Å². The number of hydrogen-bond acceptors (Lipinski definition) is 4. The number of anilines is 1. The minimum Gasteiger partial charge on any atom is -0.345 e. The Bertz CT molecular complexity index is 250. The van der Waals surface area contributed by atoms with Crippen LogP contribution in [0.5, 0.6) is 0 Å². The van der Waals surface area contributed by atoms with E-state index in [9.17, 15) is 0 Å². The minimum absolute atomic E-state index is 0.563. The van der Waals surface area contributed by atoms with Crippen LogP contribution in [-0.2, 0) is 0 Å². The topological polar surface area (TPSA) is 28.2 Å². The molecule has 72 valence electrons. The molecule has 0 unspecified atom stereocenters. The Morgan fingerprint density at radius 2 is 2.15 bits per heavy atom. The van der Waals surface area contributed by atoms with Crippen LogP contribution in [0.1, 0.15) is 13.8 Å². The van der Waals surface area contributed by atoms with E-state index in [0.29, 0.717) is 12.1 Å².